The Morgan fingerprint density at radius 1 is 1.17 bits per heavy atom. The van der Waals surface area contributed by atoms with Crippen molar-refractivity contribution in [2.75, 3.05) is 13.1 Å². The molecule has 1 amide bonds. The smallest absolute Gasteiger partial charge is 0.256 e. The first-order valence-electron chi connectivity index (χ1n) is 9.67. The average molecular weight is 395 g/mol. The lowest BCUT2D eigenvalue weighted by atomic mass is 10.1. The molecule has 29 heavy (non-hydrogen) atoms. The molecule has 0 spiro atoms. The summed E-state index contributed by atoms with van der Waals surface area (Å²) in [6, 6.07) is 7.23. The van der Waals surface area contributed by atoms with Crippen LogP contribution in [0.15, 0.2) is 41.1 Å². The summed E-state index contributed by atoms with van der Waals surface area (Å²) < 4.78 is 5.65. The number of para-hydroxylation sites is 1. The Bertz CT molecular complexity index is 992. The van der Waals surface area contributed by atoms with E-state index in [0.29, 0.717) is 48.1 Å². The summed E-state index contributed by atoms with van der Waals surface area (Å²) >= 11 is 0. The highest BCUT2D eigenvalue weighted by atomic mass is 16.4. The Hall–Kier alpha value is -3.29. The van der Waals surface area contributed by atoms with Crippen LogP contribution in [0.3, 0.4) is 0 Å². The number of nitrogens with zero attached hydrogens (tertiary/aromatic N) is 5. The van der Waals surface area contributed by atoms with Gasteiger partial charge in [0.25, 0.3) is 5.91 Å². The molecule has 2 aromatic heterocycles. The monoisotopic (exact) mass is 395 g/mol. The molecule has 0 aliphatic rings. The van der Waals surface area contributed by atoms with E-state index in [1.807, 2.05) is 39.0 Å². The van der Waals surface area contributed by atoms with E-state index in [2.05, 4.69) is 15.2 Å². The predicted molar refractivity (Wildman–Crippen MR) is 107 cm³/mol. The number of Topliss-reactive ketones (excluding diaryl/α,β-unsaturated/α-hetero) is 1. The van der Waals surface area contributed by atoms with Gasteiger partial charge in [-0.05, 0) is 26.0 Å². The molecule has 8 nitrogen and oxygen atoms in total. The summed E-state index contributed by atoms with van der Waals surface area (Å²) in [7, 11) is 0. The average Bonchev–Trinajstić information content (AvgIpc) is 3.37. The molecule has 0 unspecified atom stereocenters. The summed E-state index contributed by atoms with van der Waals surface area (Å²) in [5.74, 6) is 0.666. The Labute approximate surface area is 169 Å². The number of ketones is 1. The molecule has 152 valence electrons. The molecule has 3 aromatic rings. The minimum absolute atomic E-state index is 0.0402. The Morgan fingerprint density at radius 3 is 2.52 bits per heavy atom. The Morgan fingerprint density at radius 2 is 1.86 bits per heavy atom. The lowest BCUT2D eigenvalue weighted by Crippen LogP contribution is -2.33. The molecule has 0 radical (unpaired) electrons. The van der Waals surface area contributed by atoms with E-state index < -0.39 is 0 Å². The number of hydrogen-bond acceptors (Lipinski definition) is 6. The Balaban J connectivity index is 1.76. The van der Waals surface area contributed by atoms with Crippen molar-refractivity contribution in [3.05, 3.63) is 59.6 Å². The second-order valence-electron chi connectivity index (χ2n) is 7.00. The van der Waals surface area contributed by atoms with Crippen LogP contribution in [0.1, 0.15) is 53.3 Å². The molecule has 8 heteroatoms. The van der Waals surface area contributed by atoms with E-state index in [4.69, 9.17) is 4.42 Å². The summed E-state index contributed by atoms with van der Waals surface area (Å²) in [5.41, 5.74) is 1.52. The van der Waals surface area contributed by atoms with Crippen LogP contribution in [0.5, 0.6) is 0 Å². The van der Waals surface area contributed by atoms with Crippen LogP contribution in [0.25, 0.3) is 5.69 Å². The molecular weight excluding hydrogens is 370 g/mol. The van der Waals surface area contributed by atoms with Crippen molar-refractivity contribution in [2.24, 2.45) is 5.92 Å². The number of likely N-dealkylation sites (N-methyl/N-ethyl adjacent to an activating group) is 1. The van der Waals surface area contributed by atoms with Gasteiger partial charge in [-0.25, -0.2) is 4.98 Å². The van der Waals surface area contributed by atoms with Gasteiger partial charge in [0.15, 0.2) is 11.7 Å². The molecule has 2 heterocycles. The zero-order valence-corrected chi connectivity index (χ0v) is 17.1. The van der Waals surface area contributed by atoms with Crippen molar-refractivity contribution in [2.45, 2.75) is 34.1 Å². The van der Waals surface area contributed by atoms with Crippen LogP contribution in [0.2, 0.25) is 0 Å². The highest BCUT2D eigenvalue weighted by molar-refractivity contribution is 5.98. The molecule has 3 rings (SSSR count). The van der Waals surface area contributed by atoms with Crippen LogP contribution in [0, 0.1) is 12.8 Å². The van der Waals surface area contributed by atoms with Crippen LogP contribution >= 0.6 is 0 Å². The van der Waals surface area contributed by atoms with Gasteiger partial charge in [0.2, 0.25) is 0 Å². The van der Waals surface area contributed by atoms with E-state index in [0.717, 1.165) is 0 Å². The molecule has 0 atom stereocenters. The first-order valence-corrected chi connectivity index (χ1v) is 9.67. The standard InChI is InChI=1S/C21H25N5O3/c1-5-25(13-10-18-24-19(15(4)29-18)20(27)14(2)3)21(28)16-8-6-7-9-17(16)26-22-11-12-23-26/h6-9,11-12,14H,5,10,13H2,1-4H3. The topological polar surface area (TPSA) is 94.1 Å². The molecule has 0 saturated carbocycles. The number of aromatic nitrogens is 4. The van der Waals surface area contributed by atoms with Crippen molar-refractivity contribution < 1.29 is 14.0 Å². The van der Waals surface area contributed by atoms with E-state index in [-0.39, 0.29) is 17.6 Å². The fourth-order valence-corrected chi connectivity index (χ4v) is 3.03. The normalized spacial score (nSPS) is 11.1. The number of carbonyl (C=O) groups is 2. The fourth-order valence-electron chi connectivity index (χ4n) is 3.03. The number of carbonyl (C=O) groups excluding carboxylic acids is 2. The maximum absolute atomic E-state index is 13.1. The molecule has 0 saturated heterocycles. The first-order chi connectivity index (χ1) is 13.9. The van der Waals surface area contributed by atoms with Crippen molar-refractivity contribution in [1.82, 2.24) is 24.9 Å². The fraction of sp³-hybridized carbons (Fsp3) is 0.381. The predicted octanol–water partition coefficient (Wildman–Crippen LogP) is 3.11. The van der Waals surface area contributed by atoms with Gasteiger partial charge in [-0.15, -0.1) is 0 Å². The van der Waals surface area contributed by atoms with Gasteiger partial charge in [-0.1, -0.05) is 26.0 Å². The van der Waals surface area contributed by atoms with Crippen molar-refractivity contribution >= 4 is 11.7 Å². The van der Waals surface area contributed by atoms with Gasteiger partial charge in [0.1, 0.15) is 11.5 Å². The van der Waals surface area contributed by atoms with Gasteiger partial charge in [0.05, 0.1) is 23.6 Å². The molecule has 0 fully saturated rings. The molecular formula is C21H25N5O3. The maximum atomic E-state index is 13.1. The van der Waals surface area contributed by atoms with Crippen LogP contribution < -0.4 is 0 Å². The lowest BCUT2D eigenvalue weighted by molar-refractivity contribution is 0.0763. The third-order valence-corrected chi connectivity index (χ3v) is 4.63. The van der Waals surface area contributed by atoms with Gasteiger partial charge >= 0.3 is 0 Å². The zero-order chi connectivity index (χ0) is 21.0. The lowest BCUT2D eigenvalue weighted by Gasteiger charge is -2.21. The number of benzene rings is 1. The highest BCUT2D eigenvalue weighted by Crippen LogP contribution is 2.17. The molecule has 0 aliphatic heterocycles. The Kier molecular flexibility index (Phi) is 6.21. The third-order valence-electron chi connectivity index (χ3n) is 4.63. The second kappa shape index (κ2) is 8.81. The van der Waals surface area contributed by atoms with Crippen LogP contribution in [-0.2, 0) is 6.42 Å². The quantitative estimate of drug-likeness (QED) is 0.544. The van der Waals surface area contributed by atoms with E-state index in [1.54, 1.807) is 30.3 Å². The number of aryl methyl sites for hydroxylation is 1. The zero-order valence-electron chi connectivity index (χ0n) is 17.1. The van der Waals surface area contributed by atoms with E-state index in [9.17, 15) is 9.59 Å². The first kappa shape index (κ1) is 20.4. The van der Waals surface area contributed by atoms with Crippen molar-refractivity contribution in [1.29, 1.82) is 0 Å². The summed E-state index contributed by atoms with van der Waals surface area (Å²) in [6.45, 7) is 8.27. The second-order valence-corrected chi connectivity index (χ2v) is 7.00. The minimum atomic E-state index is -0.146. The van der Waals surface area contributed by atoms with Crippen LogP contribution in [0.4, 0.5) is 0 Å². The van der Waals surface area contributed by atoms with Gasteiger partial charge in [0, 0.05) is 25.4 Å². The van der Waals surface area contributed by atoms with Gasteiger partial charge in [-0.3, -0.25) is 9.59 Å². The summed E-state index contributed by atoms with van der Waals surface area (Å²) in [5, 5.41) is 8.26. The number of oxazole rings is 1. The van der Waals surface area contributed by atoms with E-state index in [1.165, 1.54) is 4.80 Å². The third kappa shape index (κ3) is 4.42. The number of hydrogen-bond donors (Lipinski definition) is 0. The minimum Gasteiger partial charge on any atom is -0.445 e. The van der Waals surface area contributed by atoms with Gasteiger partial charge in [-0.2, -0.15) is 15.0 Å². The molecule has 1 aromatic carbocycles. The number of amides is 1. The molecule has 0 bridgehead atoms. The molecule has 0 aliphatic carbocycles. The highest BCUT2D eigenvalue weighted by Gasteiger charge is 2.22. The maximum Gasteiger partial charge on any atom is 0.256 e. The number of rotatable bonds is 8. The van der Waals surface area contributed by atoms with Crippen molar-refractivity contribution in [3.8, 4) is 5.69 Å². The van der Waals surface area contributed by atoms with Crippen LogP contribution in [-0.4, -0.2) is 49.7 Å². The summed E-state index contributed by atoms with van der Waals surface area (Å²) in [6.07, 6.45) is 3.56. The largest absolute Gasteiger partial charge is 0.445 e. The SMILES string of the molecule is CCN(CCc1nc(C(=O)C(C)C)c(C)o1)C(=O)c1ccccc1-n1nccn1. The van der Waals surface area contributed by atoms with Crippen molar-refractivity contribution in [3.63, 3.8) is 0 Å². The van der Waals surface area contributed by atoms with E-state index >= 15 is 0 Å². The van der Waals surface area contributed by atoms with Gasteiger partial charge < -0.3 is 9.32 Å². The molecule has 0 N–H and O–H groups in total. The summed E-state index contributed by atoms with van der Waals surface area (Å²) in [4.78, 5) is 32.8.